The first-order valence-corrected chi connectivity index (χ1v) is 4.75. The fraction of sp³-hybridized carbons (Fsp3) is 0.273. The number of pyridine rings is 1. The van der Waals surface area contributed by atoms with Crippen LogP contribution in [0.1, 0.15) is 12.6 Å². The van der Waals surface area contributed by atoms with Crippen LogP contribution in [-0.4, -0.2) is 14.8 Å². The molecule has 0 saturated heterocycles. The van der Waals surface area contributed by atoms with Crippen molar-refractivity contribution in [2.45, 2.75) is 20.4 Å². The molecule has 14 heavy (non-hydrogen) atoms. The summed E-state index contributed by atoms with van der Waals surface area (Å²) in [5.41, 5.74) is 3.57. The number of hydrogen-bond acceptors (Lipinski definition) is 2. The summed E-state index contributed by atoms with van der Waals surface area (Å²) in [4.78, 5) is 4.00. The average molecular weight is 187 g/mol. The number of aromatic nitrogens is 3. The summed E-state index contributed by atoms with van der Waals surface area (Å²) in [6, 6.07) is 4.01. The van der Waals surface area contributed by atoms with Crippen molar-refractivity contribution in [2.75, 3.05) is 0 Å². The quantitative estimate of drug-likeness (QED) is 0.722. The number of rotatable bonds is 2. The first kappa shape index (κ1) is 8.94. The molecule has 0 bridgehead atoms. The molecule has 72 valence electrons. The largest absolute Gasteiger partial charge is 0.270 e. The second-order valence-corrected chi connectivity index (χ2v) is 3.20. The summed E-state index contributed by atoms with van der Waals surface area (Å²) in [6.45, 7) is 5.10. The zero-order valence-corrected chi connectivity index (χ0v) is 8.44. The average Bonchev–Trinajstić information content (AvgIpc) is 2.61. The lowest BCUT2D eigenvalue weighted by Gasteiger charge is -2.01. The monoisotopic (exact) mass is 187 g/mol. The maximum atomic E-state index is 4.31. The van der Waals surface area contributed by atoms with Crippen LogP contribution in [0.15, 0.2) is 30.7 Å². The SMILES string of the molecule is CCn1ncc(-c2ccncc2)c1C. The molecule has 0 fully saturated rings. The number of nitrogens with zero attached hydrogens (tertiary/aromatic N) is 3. The van der Waals surface area contributed by atoms with Gasteiger partial charge in [0.25, 0.3) is 0 Å². The van der Waals surface area contributed by atoms with Gasteiger partial charge in [-0.3, -0.25) is 9.67 Å². The molecule has 0 N–H and O–H groups in total. The van der Waals surface area contributed by atoms with E-state index in [2.05, 4.69) is 23.9 Å². The van der Waals surface area contributed by atoms with Gasteiger partial charge in [0.2, 0.25) is 0 Å². The number of hydrogen-bond donors (Lipinski definition) is 0. The van der Waals surface area contributed by atoms with Crippen molar-refractivity contribution in [2.24, 2.45) is 0 Å². The normalized spacial score (nSPS) is 10.4. The Bertz CT molecular complexity index is 417. The molecule has 0 atom stereocenters. The van der Waals surface area contributed by atoms with E-state index in [9.17, 15) is 0 Å². The summed E-state index contributed by atoms with van der Waals surface area (Å²) >= 11 is 0. The molecule has 0 aliphatic heterocycles. The molecule has 2 aromatic rings. The molecule has 0 unspecified atom stereocenters. The van der Waals surface area contributed by atoms with Crippen LogP contribution in [0.2, 0.25) is 0 Å². The Morgan fingerprint density at radius 3 is 2.57 bits per heavy atom. The maximum Gasteiger partial charge on any atom is 0.0571 e. The lowest BCUT2D eigenvalue weighted by atomic mass is 10.1. The zero-order valence-electron chi connectivity index (χ0n) is 8.44. The smallest absolute Gasteiger partial charge is 0.0571 e. The first-order valence-electron chi connectivity index (χ1n) is 4.75. The van der Waals surface area contributed by atoms with Gasteiger partial charge in [-0.1, -0.05) is 0 Å². The Labute approximate surface area is 83.4 Å². The molecule has 2 rings (SSSR count). The third kappa shape index (κ3) is 1.41. The van der Waals surface area contributed by atoms with Crippen molar-refractivity contribution in [3.63, 3.8) is 0 Å². The van der Waals surface area contributed by atoms with E-state index < -0.39 is 0 Å². The Morgan fingerprint density at radius 2 is 2.00 bits per heavy atom. The summed E-state index contributed by atoms with van der Waals surface area (Å²) in [7, 11) is 0. The van der Waals surface area contributed by atoms with Gasteiger partial charge < -0.3 is 0 Å². The molecule has 0 aliphatic rings. The van der Waals surface area contributed by atoms with E-state index in [0.717, 1.165) is 6.54 Å². The predicted molar refractivity (Wildman–Crippen MR) is 55.9 cm³/mol. The van der Waals surface area contributed by atoms with E-state index in [1.54, 1.807) is 12.4 Å². The van der Waals surface area contributed by atoms with E-state index in [-0.39, 0.29) is 0 Å². The molecule has 3 heteroatoms. The topological polar surface area (TPSA) is 30.7 Å². The lowest BCUT2D eigenvalue weighted by molar-refractivity contribution is 0.640. The highest BCUT2D eigenvalue weighted by atomic mass is 15.3. The van der Waals surface area contributed by atoms with Crippen LogP contribution in [0.3, 0.4) is 0 Å². The Hall–Kier alpha value is -1.64. The fourth-order valence-electron chi connectivity index (χ4n) is 1.58. The van der Waals surface area contributed by atoms with Crippen molar-refractivity contribution in [3.8, 4) is 11.1 Å². The van der Waals surface area contributed by atoms with Gasteiger partial charge in [0.15, 0.2) is 0 Å². The van der Waals surface area contributed by atoms with E-state index >= 15 is 0 Å². The second-order valence-electron chi connectivity index (χ2n) is 3.20. The third-order valence-corrected chi connectivity index (χ3v) is 2.39. The van der Waals surface area contributed by atoms with E-state index in [1.807, 2.05) is 23.0 Å². The van der Waals surface area contributed by atoms with Crippen molar-refractivity contribution < 1.29 is 0 Å². The van der Waals surface area contributed by atoms with Crippen molar-refractivity contribution in [1.29, 1.82) is 0 Å². The molecule has 0 amide bonds. The molecular formula is C11H13N3. The van der Waals surface area contributed by atoms with Crippen LogP contribution in [-0.2, 0) is 6.54 Å². The highest BCUT2D eigenvalue weighted by Gasteiger charge is 2.06. The molecule has 3 nitrogen and oxygen atoms in total. The van der Waals surface area contributed by atoms with Gasteiger partial charge in [-0.25, -0.2) is 0 Å². The van der Waals surface area contributed by atoms with E-state index in [1.165, 1.54) is 16.8 Å². The van der Waals surface area contributed by atoms with Crippen molar-refractivity contribution in [3.05, 3.63) is 36.4 Å². The van der Waals surface area contributed by atoms with Crippen LogP contribution in [0.25, 0.3) is 11.1 Å². The second kappa shape index (κ2) is 3.62. The van der Waals surface area contributed by atoms with Crippen LogP contribution < -0.4 is 0 Å². The van der Waals surface area contributed by atoms with Gasteiger partial charge >= 0.3 is 0 Å². The molecule has 0 aromatic carbocycles. The summed E-state index contributed by atoms with van der Waals surface area (Å²) in [6.07, 6.45) is 5.52. The highest BCUT2D eigenvalue weighted by Crippen LogP contribution is 2.21. The first-order chi connectivity index (χ1) is 6.83. The van der Waals surface area contributed by atoms with Crippen LogP contribution in [0.4, 0.5) is 0 Å². The number of aryl methyl sites for hydroxylation is 1. The fourth-order valence-corrected chi connectivity index (χ4v) is 1.58. The van der Waals surface area contributed by atoms with Crippen LogP contribution in [0, 0.1) is 6.92 Å². The Morgan fingerprint density at radius 1 is 1.29 bits per heavy atom. The van der Waals surface area contributed by atoms with Gasteiger partial charge in [0.1, 0.15) is 0 Å². The predicted octanol–water partition coefficient (Wildman–Crippen LogP) is 2.27. The molecule has 0 spiro atoms. The molecule has 2 heterocycles. The molecule has 0 saturated carbocycles. The maximum absolute atomic E-state index is 4.31. The van der Waals surface area contributed by atoms with E-state index in [0.29, 0.717) is 0 Å². The van der Waals surface area contributed by atoms with Gasteiger partial charge in [0.05, 0.1) is 6.20 Å². The Kier molecular flexibility index (Phi) is 2.31. The summed E-state index contributed by atoms with van der Waals surface area (Å²) in [5.74, 6) is 0. The van der Waals surface area contributed by atoms with Gasteiger partial charge in [0, 0.05) is 30.2 Å². The zero-order chi connectivity index (χ0) is 9.97. The molecule has 0 aliphatic carbocycles. The van der Waals surface area contributed by atoms with Gasteiger partial charge in [-0.2, -0.15) is 5.10 Å². The minimum Gasteiger partial charge on any atom is -0.270 e. The standard InChI is InChI=1S/C11H13N3/c1-3-14-9(2)11(8-13-14)10-4-6-12-7-5-10/h4-8H,3H2,1-2H3. The minimum absolute atomic E-state index is 0.914. The minimum atomic E-state index is 0.914. The summed E-state index contributed by atoms with van der Waals surface area (Å²) in [5, 5.41) is 4.31. The third-order valence-electron chi connectivity index (χ3n) is 2.39. The van der Waals surface area contributed by atoms with Gasteiger partial charge in [-0.15, -0.1) is 0 Å². The molecule has 2 aromatic heterocycles. The van der Waals surface area contributed by atoms with Crippen LogP contribution in [0.5, 0.6) is 0 Å². The summed E-state index contributed by atoms with van der Waals surface area (Å²) < 4.78 is 2.00. The van der Waals surface area contributed by atoms with Crippen LogP contribution >= 0.6 is 0 Å². The highest BCUT2D eigenvalue weighted by molar-refractivity contribution is 5.64. The van der Waals surface area contributed by atoms with Crippen molar-refractivity contribution >= 4 is 0 Å². The Balaban J connectivity index is 2.48. The van der Waals surface area contributed by atoms with E-state index in [4.69, 9.17) is 0 Å². The van der Waals surface area contributed by atoms with Crippen molar-refractivity contribution in [1.82, 2.24) is 14.8 Å². The lowest BCUT2D eigenvalue weighted by Crippen LogP contribution is -1.98. The molecular weight excluding hydrogens is 174 g/mol. The van der Waals surface area contributed by atoms with Gasteiger partial charge in [-0.05, 0) is 31.5 Å². The molecule has 0 radical (unpaired) electrons.